The number of amides is 3. The van der Waals surface area contributed by atoms with Gasteiger partial charge in [-0.25, -0.2) is 9.80 Å². The van der Waals surface area contributed by atoms with Gasteiger partial charge in [0.1, 0.15) is 13.2 Å². The minimum absolute atomic E-state index is 0.00260. The summed E-state index contributed by atoms with van der Waals surface area (Å²) in [5.74, 6) is -0.0831. The van der Waals surface area contributed by atoms with Gasteiger partial charge in [-0.05, 0) is 12.8 Å². The molecule has 0 spiro atoms. The van der Waals surface area contributed by atoms with Gasteiger partial charge in [0, 0.05) is 24.9 Å². The van der Waals surface area contributed by atoms with E-state index in [0.717, 1.165) is 0 Å². The van der Waals surface area contributed by atoms with Crippen LogP contribution in [0.15, 0.2) is 10.3 Å². The summed E-state index contributed by atoms with van der Waals surface area (Å²) >= 11 is 0. The van der Waals surface area contributed by atoms with Crippen molar-refractivity contribution in [3.8, 4) is 0 Å². The third-order valence-electron chi connectivity index (χ3n) is 2.53. The van der Waals surface area contributed by atoms with Crippen LogP contribution in [-0.2, 0) is 9.63 Å². The van der Waals surface area contributed by atoms with Crippen LogP contribution in [0.5, 0.6) is 0 Å². The average Bonchev–Trinajstić information content (AvgIpc) is 2.64. The van der Waals surface area contributed by atoms with Crippen molar-refractivity contribution >= 4 is 24.4 Å². The number of urea groups is 1. The number of hydrogen-bond donors (Lipinski definition) is 0. The zero-order chi connectivity index (χ0) is 15.1. The molecule has 0 bridgehead atoms. The highest BCUT2D eigenvalue weighted by Crippen LogP contribution is 2.12. The molecule has 1 aliphatic heterocycles. The Morgan fingerprint density at radius 1 is 1.30 bits per heavy atom. The molecule has 1 rings (SSSR count). The lowest BCUT2D eigenvalue weighted by Crippen LogP contribution is -2.35. The van der Waals surface area contributed by atoms with Crippen molar-refractivity contribution in [1.82, 2.24) is 9.91 Å². The van der Waals surface area contributed by atoms with Crippen molar-refractivity contribution in [2.45, 2.75) is 27.7 Å². The maximum Gasteiger partial charge on any atom is 0.347 e. The molecule has 20 heavy (non-hydrogen) atoms. The molecule has 0 aromatic rings. The van der Waals surface area contributed by atoms with Crippen LogP contribution in [0.3, 0.4) is 0 Å². The molecule has 0 aromatic carbocycles. The van der Waals surface area contributed by atoms with Crippen LogP contribution in [0, 0.1) is 11.8 Å². The minimum Gasteiger partial charge on any atom is -0.396 e. The Labute approximate surface area is 119 Å². The SMILES string of the molecule is CCO/N=C/C(C)CN1C(=O)CN(/N=C/C(C)C)C1=O. The summed E-state index contributed by atoms with van der Waals surface area (Å²) in [6.07, 6.45) is 3.23. The Morgan fingerprint density at radius 2 is 2.00 bits per heavy atom. The normalized spacial score (nSPS) is 18.1. The molecule has 0 saturated carbocycles. The van der Waals surface area contributed by atoms with Gasteiger partial charge in [0.05, 0.1) is 0 Å². The largest absolute Gasteiger partial charge is 0.396 e. The maximum absolute atomic E-state index is 12.0. The first-order chi connectivity index (χ1) is 9.45. The second-order valence-corrected chi connectivity index (χ2v) is 5.00. The Hall–Kier alpha value is -1.92. The molecule has 7 heteroatoms. The first kappa shape index (κ1) is 16.1. The Balaban J connectivity index is 2.59. The molecule has 7 nitrogen and oxygen atoms in total. The molecule has 0 aromatic heterocycles. The molecular formula is C13H22N4O3. The zero-order valence-electron chi connectivity index (χ0n) is 12.4. The summed E-state index contributed by atoms with van der Waals surface area (Å²) in [6.45, 7) is 8.37. The Morgan fingerprint density at radius 3 is 2.60 bits per heavy atom. The highest BCUT2D eigenvalue weighted by Gasteiger charge is 2.36. The minimum atomic E-state index is -0.386. The van der Waals surface area contributed by atoms with Gasteiger partial charge >= 0.3 is 6.03 Å². The molecule has 112 valence electrons. The maximum atomic E-state index is 12.0. The van der Waals surface area contributed by atoms with Crippen molar-refractivity contribution in [2.24, 2.45) is 22.1 Å². The van der Waals surface area contributed by atoms with E-state index in [4.69, 9.17) is 4.84 Å². The average molecular weight is 282 g/mol. The van der Waals surface area contributed by atoms with E-state index in [-0.39, 0.29) is 36.9 Å². The van der Waals surface area contributed by atoms with Crippen molar-refractivity contribution < 1.29 is 14.4 Å². The summed E-state index contributed by atoms with van der Waals surface area (Å²) in [6, 6.07) is -0.386. The first-order valence-electron chi connectivity index (χ1n) is 6.77. The smallest absolute Gasteiger partial charge is 0.347 e. The standard InChI is InChI=1S/C13H22N4O3/c1-5-20-15-7-11(4)8-16-12(18)9-17(13(16)19)14-6-10(2)3/h6-7,10-11H,5,8-9H2,1-4H3/b14-6+,15-7+. The van der Waals surface area contributed by atoms with Crippen molar-refractivity contribution in [2.75, 3.05) is 19.7 Å². The number of hydrazone groups is 1. The predicted molar refractivity (Wildman–Crippen MR) is 76.4 cm³/mol. The van der Waals surface area contributed by atoms with E-state index in [9.17, 15) is 9.59 Å². The van der Waals surface area contributed by atoms with Crippen LogP contribution >= 0.6 is 0 Å². The lowest BCUT2D eigenvalue weighted by atomic mass is 10.2. The van der Waals surface area contributed by atoms with Gasteiger partial charge in [0.25, 0.3) is 5.91 Å². The lowest BCUT2D eigenvalue weighted by Gasteiger charge is -2.16. The highest BCUT2D eigenvalue weighted by atomic mass is 16.6. The first-order valence-corrected chi connectivity index (χ1v) is 6.77. The van der Waals surface area contributed by atoms with E-state index in [1.165, 1.54) is 9.91 Å². The molecule has 1 heterocycles. The van der Waals surface area contributed by atoms with E-state index in [0.29, 0.717) is 6.61 Å². The molecule has 1 atom stereocenters. The van der Waals surface area contributed by atoms with Gasteiger partial charge < -0.3 is 4.84 Å². The molecule has 1 saturated heterocycles. The quantitative estimate of drug-likeness (QED) is 0.404. The van der Waals surface area contributed by atoms with Crippen LogP contribution in [0.25, 0.3) is 0 Å². The number of oxime groups is 1. The molecule has 0 N–H and O–H groups in total. The molecule has 3 amide bonds. The fourth-order valence-electron chi connectivity index (χ4n) is 1.57. The third kappa shape index (κ3) is 4.64. The van der Waals surface area contributed by atoms with E-state index in [1.54, 1.807) is 12.4 Å². The molecule has 0 radical (unpaired) electrons. The van der Waals surface area contributed by atoms with E-state index < -0.39 is 0 Å². The fourth-order valence-corrected chi connectivity index (χ4v) is 1.57. The third-order valence-corrected chi connectivity index (χ3v) is 2.53. The van der Waals surface area contributed by atoms with Gasteiger partial charge in [0.15, 0.2) is 0 Å². The van der Waals surface area contributed by atoms with Gasteiger partial charge in [-0.3, -0.25) is 9.69 Å². The number of hydrogen-bond acceptors (Lipinski definition) is 5. The van der Waals surface area contributed by atoms with Gasteiger partial charge in [0.2, 0.25) is 0 Å². The number of imide groups is 1. The lowest BCUT2D eigenvalue weighted by molar-refractivity contribution is -0.125. The summed E-state index contributed by atoms with van der Waals surface area (Å²) < 4.78 is 0. The second-order valence-electron chi connectivity index (χ2n) is 5.00. The van der Waals surface area contributed by atoms with E-state index in [2.05, 4.69) is 10.3 Å². The van der Waals surface area contributed by atoms with Crippen LogP contribution in [0.1, 0.15) is 27.7 Å². The van der Waals surface area contributed by atoms with Crippen molar-refractivity contribution in [3.63, 3.8) is 0 Å². The number of carbonyl (C=O) groups excluding carboxylic acids is 2. The molecular weight excluding hydrogens is 260 g/mol. The summed E-state index contributed by atoms with van der Waals surface area (Å²) in [5.41, 5.74) is 0. The Bertz CT molecular complexity index is 406. The molecule has 0 aliphatic carbocycles. The van der Waals surface area contributed by atoms with Crippen LogP contribution in [-0.4, -0.2) is 54.0 Å². The van der Waals surface area contributed by atoms with Crippen molar-refractivity contribution in [3.05, 3.63) is 0 Å². The van der Waals surface area contributed by atoms with E-state index >= 15 is 0 Å². The summed E-state index contributed by atoms with van der Waals surface area (Å²) in [5, 5.41) is 8.96. The Kier molecular flexibility index (Phi) is 6.14. The summed E-state index contributed by atoms with van der Waals surface area (Å²) in [7, 11) is 0. The molecule has 1 aliphatic rings. The second kappa shape index (κ2) is 7.62. The molecule has 1 unspecified atom stereocenters. The van der Waals surface area contributed by atoms with Crippen LogP contribution < -0.4 is 0 Å². The van der Waals surface area contributed by atoms with Crippen LogP contribution in [0.2, 0.25) is 0 Å². The van der Waals surface area contributed by atoms with Gasteiger partial charge in [-0.2, -0.15) is 5.10 Å². The molecule has 1 fully saturated rings. The predicted octanol–water partition coefficient (Wildman–Crippen LogP) is 1.55. The van der Waals surface area contributed by atoms with E-state index in [1.807, 2.05) is 27.7 Å². The van der Waals surface area contributed by atoms with Gasteiger partial charge in [-0.15, -0.1) is 0 Å². The fraction of sp³-hybridized carbons (Fsp3) is 0.692. The van der Waals surface area contributed by atoms with Crippen LogP contribution in [0.4, 0.5) is 4.79 Å². The van der Waals surface area contributed by atoms with Crippen molar-refractivity contribution in [1.29, 1.82) is 0 Å². The highest BCUT2D eigenvalue weighted by molar-refractivity contribution is 6.02. The summed E-state index contributed by atoms with van der Waals surface area (Å²) in [4.78, 5) is 29.9. The van der Waals surface area contributed by atoms with Gasteiger partial charge in [-0.1, -0.05) is 25.9 Å². The zero-order valence-corrected chi connectivity index (χ0v) is 12.4. The number of nitrogens with zero attached hydrogens (tertiary/aromatic N) is 4. The topological polar surface area (TPSA) is 74.6 Å². The number of carbonyl (C=O) groups is 2. The monoisotopic (exact) mass is 282 g/mol. The number of rotatable bonds is 7.